The molecule has 0 unspecified atom stereocenters. The predicted octanol–water partition coefficient (Wildman–Crippen LogP) is 5.60. The number of nitro groups is 1. The van der Waals surface area contributed by atoms with Crippen molar-refractivity contribution in [1.82, 2.24) is 10.2 Å². The van der Waals surface area contributed by atoms with Crippen molar-refractivity contribution in [3.63, 3.8) is 0 Å². The summed E-state index contributed by atoms with van der Waals surface area (Å²) >= 11 is 12.5. The number of carbonyl (C=O) groups is 2. The third-order valence-electron chi connectivity index (χ3n) is 6.81. The van der Waals surface area contributed by atoms with Crippen LogP contribution in [0.3, 0.4) is 0 Å². The minimum atomic E-state index is -4.53. The molecule has 0 fully saturated rings. The third kappa shape index (κ3) is 8.40. The highest BCUT2D eigenvalue weighted by Gasteiger charge is 2.33. The number of halogens is 2. The van der Waals surface area contributed by atoms with E-state index in [2.05, 4.69) is 5.32 Å². The first-order valence-electron chi connectivity index (χ1n) is 13.6. The van der Waals surface area contributed by atoms with Gasteiger partial charge < -0.3 is 15.0 Å². The number of rotatable bonds is 13. The lowest BCUT2D eigenvalue weighted by Gasteiger charge is -2.32. The molecule has 2 amide bonds. The zero-order chi connectivity index (χ0) is 32.8. The van der Waals surface area contributed by atoms with Gasteiger partial charge in [-0.2, -0.15) is 0 Å². The van der Waals surface area contributed by atoms with Gasteiger partial charge in [-0.25, -0.2) is 8.42 Å². The maximum atomic E-state index is 14.1. The summed E-state index contributed by atoms with van der Waals surface area (Å²) in [4.78, 5) is 39.0. The second kappa shape index (κ2) is 14.7. The molecule has 0 aliphatic carbocycles. The van der Waals surface area contributed by atoms with E-state index in [0.717, 1.165) is 10.4 Å². The minimum absolute atomic E-state index is 0.101. The number of nitrogens with zero attached hydrogens (tertiary/aromatic N) is 3. The summed E-state index contributed by atoms with van der Waals surface area (Å²) in [7, 11) is -3.08. The number of methoxy groups -OCH3 is 1. The lowest BCUT2D eigenvalue weighted by Crippen LogP contribution is -2.51. The molecule has 11 nitrogen and oxygen atoms in total. The number of sulfonamides is 1. The molecule has 0 heterocycles. The SMILES string of the molecule is COc1ccc(N(CC(=O)N(Cc2ccc(Cl)cc2Cl)[C@H](C)C(=O)NCC(C)C)S(=O)(=O)c2ccc(C)c([N+](=O)[O-])c2)cc1. The number of benzene rings is 3. The Balaban J connectivity index is 2.10. The summed E-state index contributed by atoms with van der Waals surface area (Å²) in [5, 5.41) is 15.0. The van der Waals surface area contributed by atoms with Gasteiger partial charge in [0.15, 0.2) is 0 Å². The number of carbonyl (C=O) groups excluding carboxylic acids is 2. The van der Waals surface area contributed by atoms with Crippen molar-refractivity contribution >= 4 is 56.4 Å². The fourth-order valence-corrected chi connectivity index (χ4v) is 6.12. The van der Waals surface area contributed by atoms with Crippen LogP contribution in [-0.2, 0) is 26.2 Å². The van der Waals surface area contributed by atoms with E-state index in [4.69, 9.17) is 27.9 Å². The smallest absolute Gasteiger partial charge is 0.273 e. The lowest BCUT2D eigenvalue weighted by molar-refractivity contribution is -0.385. The first kappa shape index (κ1) is 34.6. The Morgan fingerprint density at radius 3 is 2.25 bits per heavy atom. The molecule has 0 aliphatic heterocycles. The predicted molar refractivity (Wildman–Crippen MR) is 170 cm³/mol. The van der Waals surface area contributed by atoms with Gasteiger partial charge in [0.25, 0.3) is 15.7 Å². The second-order valence-corrected chi connectivity index (χ2v) is 13.2. The Labute approximate surface area is 266 Å². The molecule has 236 valence electrons. The summed E-state index contributed by atoms with van der Waals surface area (Å²) in [6.45, 7) is 6.38. The number of aryl methyl sites for hydroxylation is 1. The van der Waals surface area contributed by atoms with E-state index in [1.807, 2.05) is 13.8 Å². The van der Waals surface area contributed by atoms with Gasteiger partial charge in [-0.05, 0) is 67.8 Å². The van der Waals surface area contributed by atoms with Crippen LogP contribution >= 0.6 is 23.2 Å². The van der Waals surface area contributed by atoms with E-state index in [0.29, 0.717) is 22.9 Å². The highest BCUT2D eigenvalue weighted by molar-refractivity contribution is 7.92. The number of amides is 2. The van der Waals surface area contributed by atoms with Crippen molar-refractivity contribution in [3.05, 3.63) is 92.0 Å². The first-order chi connectivity index (χ1) is 20.6. The third-order valence-corrected chi connectivity index (χ3v) is 9.17. The average Bonchev–Trinajstić information content (AvgIpc) is 2.97. The topological polar surface area (TPSA) is 139 Å². The Morgan fingerprint density at radius 1 is 1.02 bits per heavy atom. The molecule has 0 saturated carbocycles. The van der Waals surface area contributed by atoms with Crippen molar-refractivity contribution in [2.45, 2.75) is 45.2 Å². The summed E-state index contributed by atoms with van der Waals surface area (Å²) < 4.78 is 34.1. The number of hydrogen-bond donors (Lipinski definition) is 1. The van der Waals surface area contributed by atoms with Crippen LogP contribution < -0.4 is 14.4 Å². The van der Waals surface area contributed by atoms with E-state index in [-0.39, 0.29) is 39.3 Å². The number of anilines is 1. The fourth-order valence-electron chi connectivity index (χ4n) is 4.22. The van der Waals surface area contributed by atoms with Gasteiger partial charge >= 0.3 is 0 Å². The van der Waals surface area contributed by atoms with E-state index < -0.39 is 39.3 Å². The maximum absolute atomic E-state index is 14.1. The van der Waals surface area contributed by atoms with Gasteiger partial charge in [0.2, 0.25) is 11.8 Å². The molecule has 14 heteroatoms. The van der Waals surface area contributed by atoms with Crippen LogP contribution in [0.2, 0.25) is 10.0 Å². The molecule has 3 aromatic carbocycles. The Bertz CT molecular complexity index is 1630. The van der Waals surface area contributed by atoms with Gasteiger partial charge in [-0.3, -0.25) is 24.0 Å². The van der Waals surface area contributed by atoms with Crippen molar-refractivity contribution in [2.75, 3.05) is 24.5 Å². The van der Waals surface area contributed by atoms with Crippen LogP contribution in [0.1, 0.15) is 31.9 Å². The molecule has 0 bridgehead atoms. The van der Waals surface area contributed by atoms with Gasteiger partial charge in [0, 0.05) is 34.8 Å². The van der Waals surface area contributed by atoms with Gasteiger partial charge in [-0.15, -0.1) is 0 Å². The van der Waals surface area contributed by atoms with Crippen LogP contribution in [0.25, 0.3) is 0 Å². The summed E-state index contributed by atoms with van der Waals surface area (Å²) in [5.41, 5.74) is 0.472. The minimum Gasteiger partial charge on any atom is -0.497 e. The van der Waals surface area contributed by atoms with Gasteiger partial charge in [0.1, 0.15) is 18.3 Å². The molecular formula is C30H34Cl2N4O7S. The molecular weight excluding hydrogens is 631 g/mol. The van der Waals surface area contributed by atoms with E-state index in [9.17, 15) is 28.1 Å². The number of nitro benzene ring substituents is 1. The average molecular weight is 666 g/mol. The van der Waals surface area contributed by atoms with E-state index in [1.54, 1.807) is 12.1 Å². The molecule has 0 radical (unpaired) electrons. The normalized spacial score (nSPS) is 12.0. The largest absolute Gasteiger partial charge is 0.497 e. The molecule has 3 aromatic rings. The zero-order valence-corrected chi connectivity index (χ0v) is 27.2. The quantitative estimate of drug-likeness (QED) is 0.185. The molecule has 0 aliphatic rings. The zero-order valence-electron chi connectivity index (χ0n) is 24.9. The maximum Gasteiger partial charge on any atom is 0.273 e. The van der Waals surface area contributed by atoms with Crippen molar-refractivity contribution in [3.8, 4) is 5.75 Å². The lowest BCUT2D eigenvalue weighted by atomic mass is 10.1. The first-order valence-corrected chi connectivity index (χ1v) is 15.8. The molecule has 0 spiro atoms. The number of hydrogen-bond acceptors (Lipinski definition) is 7. The van der Waals surface area contributed by atoms with Crippen LogP contribution in [0, 0.1) is 23.0 Å². The Morgan fingerprint density at radius 2 is 1.68 bits per heavy atom. The van der Waals surface area contributed by atoms with Crippen molar-refractivity contribution in [2.24, 2.45) is 5.92 Å². The summed E-state index contributed by atoms with van der Waals surface area (Å²) in [5.74, 6) is -0.567. The molecule has 3 rings (SSSR count). The van der Waals surface area contributed by atoms with Gasteiger partial charge in [-0.1, -0.05) is 49.2 Å². The second-order valence-electron chi connectivity index (χ2n) is 10.5. The number of ether oxygens (including phenoxy) is 1. The summed E-state index contributed by atoms with van der Waals surface area (Å²) in [6, 6.07) is 13.2. The highest BCUT2D eigenvalue weighted by atomic mass is 35.5. The van der Waals surface area contributed by atoms with E-state index in [1.165, 1.54) is 68.3 Å². The van der Waals surface area contributed by atoms with Crippen molar-refractivity contribution < 1.29 is 27.7 Å². The van der Waals surface area contributed by atoms with Gasteiger partial charge in [0.05, 0.1) is 22.6 Å². The standard InChI is InChI=1S/C30H34Cl2N4O7S/c1-19(2)16-33-30(38)21(4)34(17-22-7-8-23(31)14-27(22)32)29(37)18-35(24-9-11-25(43-5)12-10-24)44(41,42)26-13-6-20(3)28(15-26)36(39)40/h6-15,19,21H,16-18H2,1-5H3,(H,33,38)/t21-/m1/s1. The molecule has 1 N–H and O–H groups in total. The molecule has 44 heavy (non-hydrogen) atoms. The summed E-state index contributed by atoms with van der Waals surface area (Å²) in [6.07, 6.45) is 0. The van der Waals surface area contributed by atoms with Crippen LogP contribution in [0.15, 0.2) is 65.6 Å². The molecule has 0 aromatic heterocycles. The van der Waals surface area contributed by atoms with Crippen LogP contribution in [-0.4, -0.2) is 56.3 Å². The Kier molecular flexibility index (Phi) is 11.6. The van der Waals surface area contributed by atoms with Crippen molar-refractivity contribution in [1.29, 1.82) is 0 Å². The molecule has 0 saturated heterocycles. The van der Waals surface area contributed by atoms with Crippen LogP contribution in [0.4, 0.5) is 11.4 Å². The monoisotopic (exact) mass is 664 g/mol. The van der Waals surface area contributed by atoms with E-state index >= 15 is 0 Å². The fraction of sp³-hybridized carbons (Fsp3) is 0.333. The number of nitrogens with one attached hydrogen (secondary N) is 1. The molecule has 1 atom stereocenters. The van der Waals surface area contributed by atoms with Crippen LogP contribution in [0.5, 0.6) is 5.75 Å². The highest BCUT2D eigenvalue weighted by Crippen LogP contribution is 2.30. The Hall–Kier alpha value is -3.87.